The summed E-state index contributed by atoms with van der Waals surface area (Å²) < 4.78 is 4.59. The summed E-state index contributed by atoms with van der Waals surface area (Å²) in [5.41, 5.74) is 7.10. The topological polar surface area (TPSA) is 85.2 Å². The van der Waals surface area contributed by atoms with Crippen LogP contribution >= 0.6 is 0 Å². The van der Waals surface area contributed by atoms with Crippen LogP contribution in [0.5, 0.6) is 0 Å². The minimum absolute atomic E-state index is 0.0452. The van der Waals surface area contributed by atoms with E-state index in [1.807, 2.05) is 31.2 Å². The molecule has 0 saturated heterocycles. The van der Waals surface area contributed by atoms with E-state index in [2.05, 4.69) is 14.7 Å². The number of aliphatic hydroxyl groups is 1. The molecular weight excluding hydrogens is 194 g/mol. The van der Waals surface area contributed by atoms with E-state index in [1.165, 1.54) is 0 Å². The van der Waals surface area contributed by atoms with E-state index in [0.717, 1.165) is 5.56 Å². The van der Waals surface area contributed by atoms with E-state index >= 15 is 0 Å². The first-order chi connectivity index (χ1) is 7.16. The molecule has 2 aromatic rings. The molecule has 1 aromatic heterocycles. The van der Waals surface area contributed by atoms with Crippen molar-refractivity contribution < 1.29 is 9.63 Å². The Morgan fingerprint density at radius 1 is 1.33 bits per heavy atom. The third kappa shape index (κ3) is 1.97. The number of aliphatic hydroxyl groups excluding tert-OH is 1. The van der Waals surface area contributed by atoms with Crippen molar-refractivity contribution >= 4 is 6.01 Å². The lowest BCUT2D eigenvalue weighted by Crippen LogP contribution is -2.02. The summed E-state index contributed by atoms with van der Waals surface area (Å²) in [6, 6.07) is 7.39. The SMILES string of the molecule is Cc1ccc(C(O)c2noc(N)n2)cc1. The van der Waals surface area contributed by atoms with Crippen LogP contribution in [0.4, 0.5) is 6.01 Å². The van der Waals surface area contributed by atoms with Crippen LogP contribution in [-0.4, -0.2) is 15.2 Å². The van der Waals surface area contributed by atoms with Gasteiger partial charge in [0.25, 0.3) is 0 Å². The standard InChI is InChI=1S/C10H11N3O2/c1-6-2-4-7(5-3-6)8(14)9-12-10(11)15-13-9/h2-5,8,14H,1H3,(H2,11,12,13). The summed E-state index contributed by atoms with van der Waals surface area (Å²) in [7, 11) is 0. The van der Waals surface area contributed by atoms with E-state index in [1.54, 1.807) is 0 Å². The molecule has 0 radical (unpaired) electrons. The maximum Gasteiger partial charge on any atom is 0.318 e. The van der Waals surface area contributed by atoms with E-state index in [4.69, 9.17) is 5.73 Å². The Morgan fingerprint density at radius 2 is 2.00 bits per heavy atom. The lowest BCUT2D eigenvalue weighted by molar-refractivity contribution is 0.204. The fourth-order valence-corrected chi connectivity index (χ4v) is 1.26. The highest BCUT2D eigenvalue weighted by Crippen LogP contribution is 2.19. The third-order valence-corrected chi connectivity index (χ3v) is 2.10. The van der Waals surface area contributed by atoms with Crippen LogP contribution in [0.1, 0.15) is 23.1 Å². The van der Waals surface area contributed by atoms with Crippen LogP contribution in [0.25, 0.3) is 0 Å². The third-order valence-electron chi connectivity index (χ3n) is 2.10. The van der Waals surface area contributed by atoms with Gasteiger partial charge >= 0.3 is 6.01 Å². The van der Waals surface area contributed by atoms with Crippen molar-refractivity contribution in [3.8, 4) is 0 Å². The number of aromatic nitrogens is 2. The molecule has 5 nitrogen and oxygen atoms in total. The van der Waals surface area contributed by atoms with Gasteiger partial charge in [0.15, 0.2) is 0 Å². The van der Waals surface area contributed by atoms with Crippen molar-refractivity contribution in [2.45, 2.75) is 13.0 Å². The Bertz CT molecular complexity index is 450. The Hall–Kier alpha value is -1.88. The van der Waals surface area contributed by atoms with Gasteiger partial charge in [-0.25, -0.2) is 0 Å². The predicted molar refractivity (Wildman–Crippen MR) is 54.0 cm³/mol. The number of rotatable bonds is 2. The van der Waals surface area contributed by atoms with Crippen molar-refractivity contribution in [2.24, 2.45) is 0 Å². The fourth-order valence-electron chi connectivity index (χ4n) is 1.26. The summed E-state index contributed by atoms with van der Waals surface area (Å²) >= 11 is 0. The monoisotopic (exact) mass is 205 g/mol. The van der Waals surface area contributed by atoms with E-state index in [-0.39, 0.29) is 11.8 Å². The second-order valence-electron chi connectivity index (χ2n) is 3.30. The number of nitrogen functional groups attached to an aromatic ring is 1. The largest absolute Gasteiger partial charge is 0.380 e. The summed E-state index contributed by atoms with van der Waals surface area (Å²) in [6.45, 7) is 1.97. The molecule has 3 N–H and O–H groups in total. The highest BCUT2D eigenvalue weighted by atomic mass is 16.5. The molecule has 0 aliphatic heterocycles. The molecule has 1 aromatic carbocycles. The summed E-state index contributed by atoms with van der Waals surface area (Å²) in [4.78, 5) is 3.76. The zero-order valence-corrected chi connectivity index (χ0v) is 8.21. The maximum atomic E-state index is 9.86. The van der Waals surface area contributed by atoms with Crippen molar-refractivity contribution in [2.75, 3.05) is 5.73 Å². The molecule has 1 unspecified atom stereocenters. The molecule has 1 heterocycles. The van der Waals surface area contributed by atoms with Gasteiger partial charge in [0.05, 0.1) is 0 Å². The van der Waals surface area contributed by atoms with Crippen LogP contribution in [0.3, 0.4) is 0 Å². The minimum atomic E-state index is -0.897. The minimum Gasteiger partial charge on any atom is -0.380 e. The fraction of sp³-hybridized carbons (Fsp3) is 0.200. The Kier molecular flexibility index (Phi) is 2.39. The Morgan fingerprint density at radius 3 is 2.53 bits per heavy atom. The number of benzene rings is 1. The molecule has 1 atom stereocenters. The first kappa shape index (κ1) is 9.67. The van der Waals surface area contributed by atoms with Gasteiger partial charge in [0, 0.05) is 0 Å². The summed E-state index contributed by atoms with van der Waals surface area (Å²) in [5.74, 6) is 0.177. The van der Waals surface area contributed by atoms with Gasteiger partial charge in [-0.05, 0) is 12.5 Å². The molecule has 78 valence electrons. The van der Waals surface area contributed by atoms with Crippen LogP contribution in [0.15, 0.2) is 28.8 Å². The molecule has 0 aliphatic carbocycles. The van der Waals surface area contributed by atoms with E-state index < -0.39 is 6.10 Å². The smallest absolute Gasteiger partial charge is 0.318 e. The molecule has 5 heteroatoms. The number of nitrogens with two attached hydrogens (primary N) is 1. The first-order valence-corrected chi connectivity index (χ1v) is 4.50. The normalized spacial score (nSPS) is 12.7. The molecule has 0 fully saturated rings. The first-order valence-electron chi connectivity index (χ1n) is 4.50. The van der Waals surface area contributed by atoms with Gasteiger partial charge in [0.1, 0.15) is 6.10 Å². The van der Waals surface area contributed by atoms with Gasteiger partial charge in [-0.2, -0.15) is 4.98 Å². The highest BCUT2D eigenvalue weighted by Gasteiger charge is 2.16. The van der Waals surface area contributed by atoms with Gasteiger partial charge in [-0.1, -0.05) is 35.0 Å². The highest BCUT2D eigenvalue weighted by molar-refractivity contribution is 5.27. The second-order valence-corrected chi connectivity index (χ2v) is 3.30. The van der Waals surface area contributed by atoms with Crippen LogP contribution < -0.4 is 5.73 Å². The van der Waals surface area contributed by atoms with Gasteiger partial charge in [-0.3, -0.25) is 0 Å². The lowest BCUT2D eigenvalue weighted by atomic mass is 10.1. The van der Waals surface area contributed by atoms with Crippen molar-refractivity contribution in [3.63, 3.8) is 0 Å². The quantitative estimate of drug-likeness (QED) is 0.765. The second kappa shape index (κ2) is 3.70. The van der Waals surface area contributed by atoms with E-state index in [9.17, 15) is 5.11 Å². The Labute approximate surface area is 86.5 Å². The zero-order valence-electron chi connectivity index (χ0n) is 8.21. The summed E-state index contributed by atoms with van der Waals surface area (Å²) in [5, 5.41) is 13.4. The van der Waals surface area contributed by atoms with Crippen molar-refractivity contribution in [3.05, 3.63) is 41.2 Å². The molecule has 0 amide bonds. The number of hydrogen-bond acceptors (Lipinski definition) is 5. The number of hydrogen-bond donors (Lipinski definition) is 2. The predicted octanol–water partition coefficient (Wildman–Crippen LogP) is 1.04. The van der Waals surface area contributed by atoms with Crippen molar-refractivity contribution in [1.82, 2.24) is 10.1 Å². The number of anilines is 1. The summed E-state index contributed by atoms with van der Waals surface area (Å²) in [6.07, 6.45) is -0.897. The zero-order chi connectivity index (χ0) is 10.8. The van der Waals surface area contributed by atoms with E-state index in [0.29, 0.717) is 5.56 Å². The lowest BCUT2D eigenvalue weighted by Gasteiger charge is -2.05. The van der Waals surface area contributed by atoms with Gasteiger partial charge in [0.2, 0.25) is 5.82 Å². The Balaban J connectivity index is 2.28. The molecule has 15 heavy (non-hydrogen) atoms. The average molecular weight is 205 g/mol. The van der Waals surface area contributed by atoms with Crippen LogP contribution in [0.2, 0.25) is 0 Å². The molecule has 2 rings (SSSR count). The number of aryl methyl sites for hydroxylation is 1. The molecule has 0 saturated carbocycles. The van der Waals surface area contributed by atoms with Crippen LogP contribution in [-0.2, 0) is 0 Å². The van der Waals surface area contributed by atoms with Gasteiger partial charge < -0.3 is 15.4 Å². The van der Waals surface area contributed by atoms with Crippen LogP contribution in [0, 0.1) is 6.92 Å². The molecule has 0 aliphatic rings. The number of nitrogens with zero attached hydrogens (tertiary/aromatic N) is 2. The molecular formula is C10H11N3O2. The average Bonchev–Trinajstić information content (AvgIpc) is 2.65. The van der Waals surface area contributed by atoms with Gasteiger partial charge in [-0.15, -0.1) is 0 Å². The molecule has 0 bridgehead atoms. The molecule has 0 spiro atoms. The maximum absolute atomic E-state index is 9.86. The van der Waals surface area contributed by atoms with Crippen molar-refractivity contribution in [1.29, 1.82) is 0 Å².